The van der Waals surface area contributed by atoms with Crippen LogP contribution >= 0.6 is 27.7 Å². The molecule has 2 heterocycles. The first-order valence-corrected chi connectivity index (χ1v) is 9.36. The van der Waals surface area contributed by atoms with Gasteiger partial charge < -0.3 is 9.47 Å². The molecule has 0 saturated heterocycles. The monoisotopic (exact) mass is 404 g/mol. The maximum atomic E-state index is 13.1. The molecule has 3 aromatic rings. The molecule has 0 aliphatic carbocycles. The fourth-order valence-electron chi connectivity index (χ4n) is 2.68. The number of aromatic nitrogens is 2. The zero-order chi connectivity index (χ0) is 16.7. The summed E-state index contributed by atoms with van der Waals surface area (Å²) in [5.41, 5.74) is 2.01. The first kappa shape index (κ1) is 15.5. The predicted molar refractivity (Wildman–Crippen MR) is 96.4 cm³/mol. The van der Waals surface area contributed by atoms with Crippen LogP contribution in [0.3, 0.4) is 0 Å². The molecule has 0 bridgehead atoms. The minimum absolute atomic E-state index is 0.133. The Bertz CT molecular complexity index is 954. The van der Waals surface area contributed by atoms with E-state index in [4.69, 9.17) is 9.47 Å². The van der Waals surface area contributed by atoms with E-state index in [-0.39, 0.29) is 5.91 Å². The van der Waals surface area contributed by atoms with Crippen LogP contribution in [0.5, 0.6) is 11.5 Å². The molecule has 7 heteroatoms. The van der Waals surface area contributed by atoms with Gasteiger partial charge in [0.25, 0.3) is 5.91 Å². The Hall–Kier alpha value is -1.99. The first-order chi connectivity index (χ1) is 11.7. The summed E-state index contributed by atoms with van der Waals surface area (Å²) in [7, 11) is 0. The van der Waals surface area contributed by atoms with Crippen LogP contribution in [0.1, 0.15) is 10.4 Å². The molecule has 0 saturated carbocycles. The molecule has 4 rings (SSSR count). The third-order valence-corrected chi connectivity index (χ3v) is 5.11. The molecule has 0 unspecified atom stereocenters. The van der Waals surface area contributed by atoms with Gasteiger partial charge in [-0.1, -0.05) is 23.9 Å². The molecule has 122 valence electrons. The van der Waals surface area contributed by atoms with Crippen molar-refractivity contribution in [2.24, 2.45) is 0 Å². The second-order valence-corrected chi connectivity index (χ2v) is 6.83. The molecule has 24 heavy (non-hydrogen) atoms. The number of imidazole rings is 1. The van der Waals surface area contributed by atoms with Crippen molar-refractivity contribution in [2.45, 2.75) is 5.16 Å². The number of fused-ring (bicyclic) bond motifs is 2. The number of hydrogen-bond donors (Lipinski definition) is 0. The summed E-state index contributed by atoms with van der Waals surface area (Å²) in [4.78, 5) is 17.7. The lowest BCUT2D eigenvalue weighted by atomic mass is 10.2. The van der Waals surface area contributed by atoms with Crippen LogP contribution in [-0.2, 0) is 0 Å². The third kappa shape index (κ3) is 2.48. The lowest BCUT2D eigenvalue weighted by Crippen LogP contribution is -2.16. The SMILES string of the molecule is CSc1nc2cc3c(cc2n1C(=O)c1ccccc1Br)OCCO3. The predicted octanol–water partition coefficient (Wildman–Crippen LogP) is 3.98. The second-order valence-electron chi connectivity index (χ2n) is 5.20. The molecule has 1 aliphatic rings. The Labute approximate surface area is 151 Å². The Balaban J connectivity index is 1.93. The largest absolute Gasteiger partial charge is 0.486 e. The molecular formula is C17H13BrN2O3S. The molecule has 2 aromatic carbocycles. The van der Waals surface area contributed by atoms with Gasteiger partial charge in [-0.25, -0.2) is 4.98 Å². The molecule has 0 atom stereocenters. The van der Waals surface area contributed by atoms with Crippen molar-refractivity contribution in [1.82, 2.24) is 9.55 Å². The minimum Gasteiger partial charge on any atom is -0.486 e. The van der Waals surface area contributed by atoms with Crippen molar-refractivity contribution in [1.29, 1.82) is 0 Å². The van der Waals surface area contributed by atoms with E-state index >= 15 is 0 Å². The number of halogens is 1. The third-order valence-electron chi connectivity index (χ3n) is 3.78. The Morgan fingerprint density at radius 1 is 1.21 bits per heavy atom. The highest BCUT2D eigenvalue weighted by Gasteiger charge is 2.22. The number of rotatable bonds is 2. The quantitative estimate of drug-likeness (QED) is 0.604. The van der Waals surface area contributed by atoms with Gasteiger partial charge in [-0.05, 0) is 34.3 Å². The molecule has 0 amide bonds. The minimum atomic E-state index is -0.133. The molecule has 0 spiro atoms. The highest BCUT2D eigenvalue weighted by molar-refractivity contribution is 9.10. The van der Waals surface area contributed by atoms with Gasteiger partial charge in [-0.3, -0.25) is 9.36 Å². The van der Waals surface area contributed by atoms with Crippen LogP contribution in [0.4, 0.5) is 0 Å². The summed E-state index contributed by atoms with van der Waals surface area (Å²) >= 11 is 4.87. The van der Waals surface area contributed by atoms with Crippen molar-refractivity contribution in [3.8, 4) is 11.5 Å². The van der Waals surface area contributed by atoms with Crippen molar-refractivity contribution in [3.63, 3.8) is 0 Å². The zero-order valence-corrected chi connectivity index (χ0v) is 15.2. The van der Waals surface area contributed by atoms with Crippen LogP contribution in [-0.4, -0.2) is 34.9 Å². The zero-order valence-electron chi connectivity index (χ0n) is 12.8. The molecule has 0 fully saturated rings. The van der Waals surface area contributed by atoms with Gasteiger partial charge >= 0.3 is 0 Å². The van der Waals surface area contributed by atoms with Gasteiger partial charge in [0.2, 0.25) is 0 Å². The first-order valence-electron chi connectivity index (χ1n) is 7.34. The van der Waals surface area contributed by atoms with Gasteiger partial charge in [0.05, 0.1) is 16.6 Å². The van der Waals surface area contributed by atoms with Crippen molar-refractivity contribution in [2.75, 3.05) is 19.5 Å². The summed E-state index contributed by atoms with van der Waals surface area (Å²) in [6.45, 7) is 1.02. The van der Waals surface area contributed by atoms with Gasteiger partial charge in [-0.15, -0.1) is 0 Å². The number of nitrogens with zero attached hydrogens (tertiary/aromatic N) is 2. The number of carbonyl (C=O) groups is 1. The van der Waals surface area contributed by atoms with E-state index in [1.807, 2.05) is 36.6 Å². The maximum absolute atomic E-state index is 13.1. The molecule has 1 aromatic heterocycles. The molecule has 5 nitrogen and oxygen atoms in total. The van der Waals surface area contributed by atoms with Gasteiger partial charge in [0.15, 0.2) is 16.7 Å². The summed E-state index contributed by atoms with van der Waals surface area (Å²) in [5.74, 6) is 1.17. The topological polar surface area (TPSA) is 53.4 Å². The van der Waals surface area contributed by atoms with Crippen LogP contribution in [0, 0.1) is 0 Å². The van der Waals surface area contributed by atoms with E-state index in [9.17, 15) is 4.79 Å². The van der Waals surface area contributed by atoms with Crippen LogP contribution in [0.2, 0.25) is 0 Å². The van der Waals surface area contributed by atoms with Gasteiger partial charge in [0.1, 0.15) is 13.2 Å². The maximum Gasteiger partial charge on any atom is 0.265 e. The fraction of sp³-hybridized carbons (Fsp3) is 0.176. The number of thioether (sulfide) groups is 1. The van der Waals surface area contributed by atoms with E-state index < -0.39 is 0 Å². The Morgan fingerprint density at radius 2 is 1.92 bits per heavy atom. The number of carbonyl (C=O) groups excluding carboxylic acids is 1. The lowest BCUT2D eigenvalue weighted by molar-refractivity contribution is 0.0954. The summed E-state index contributed by atoms with van der Waals surface area (Å²) in [6.07, 6.45) is 1.90. The van der Waals surface area contributed by atoms with Gasteiger partial charge in [-0.2, -0.15) is 0 Å². The smallest absolute Gasteiger partial charge is 0.265 e. The molecular weight excluding hydrogens is 392 g/mol. The normalized spacial score (nSPS) is 13.2. The standard InChI is InChI=1S/C17H13BrN2O3S/c1-24-17-19-12-8-14-15(23-7-6-22-14)9-13(12)20(17)16(21)10-4-2-3-5-11(10)18/h2-5,8-9H,6-7H2,1H3. The van der Waals surface area contributed by atoms with Crippen LogP contribution < -0.4 is 9.47 Å². The Morgan fingerprint density at radius 3 is 2.62 bits per heavy atom. The number of benzene rings is 2. The van der Waals surface area contributed by atoms with Crippen molar-refractivity contribution in [3.05, 3.63) is 46.4 Å². The van der Waals surface area contributed by atoms with Crippen LogP contribution in [0.25, 0.3) is 11.0 Å². The second kappa shape index (κ2) is 6.14. The summed E-state index contributed by atoms with van der Waals surface area (Å²) in [6, 6.07) is 11.0. The lowest BCUT2D eigenvalue weighted by Gasteiger charge is -2.18. The van der Waals surface area contributed by atoms with E-state index in [0.29, 0.717) is 46.5 Å². The van der Waals surface area contributed by atoms with Crippen molar-refractivity contribution < 1.29 is 14.3 Å². The van der Waals surface area contributed by atoms with Crippen LogP contribution in [0.15, 0.2) is 46.0 Å². The molecule has 0 N–H and O–H groups in total. The molecule has 1 aliphatic heterocycles. The average Bonchev–Trinajstić information content (AvgIpc) is 2.97. The van der Waals surface area contributed by atoms with Crippen molar-refractivity contribution >= 4 is 44.6 Å². The van der Waals surface area contributed by atoms with E-state index in [2.05, 4.69) is 20.9 Å². The molecule has 0 radical (unpaired) electrons. The number of hydrogen-bond acceptors (Lipinski definition) is 5. The Kier molecular flexibility index (Phi) is 3.97. The highest BCUT2D eigenvalue weighted by atomic mass is 79.9. The average molecular weight is 405 g/mol. The number of ether oxygens (including phenoxy) is 2. The van der Waals surface area contributed by atoms with E-state index in [1.165, 1.54) is 11.8 Å². The summed E-state index contributed by atoms with van der Waals surface area (Å²) < 4.78 is 13.6. The van der Waals surface area contributed by atoms with E-state index in [1.54, 1.807) is 10.6 Å². The highest BCUT2D eigenvalue weighted by Crippen LogP contribution is 2.36. The van der Waals surface area contributed by atoms with Gasteiger partial charge in [0, 0.05) is 16.6 Å². The fourth-order valence-corrected chi connectivity index (χ4v) is 3.69. The summed E-state index contributed by atoms with van der Waals surface area (Å²) in [5, 5.41) is 0.633. The van der Waals surface area contributed by atoms with E-state index in [0.717, 1.165) is 4.47 Å².